The van der Waals surface area contributed by atoms with Crippen LogP contribution in [0.3, 0.4) is 0 Å². The lowest BCUT2D eigenvalue weighted by atomic mass is 10.1. The molecule has 1 atom stereocenters. The predicted molar refractivity (Wildman–Crippen MR) is 122 cm³/mol. The Balaban J connectivity index is 1.55. The van der Waals surface area contributed by atoms with Crippen LogP contribution < -0.4 is 10.6 Å². The van der Waals surface area contributed by atoms with Gasteiger partial charge in [-0.1, -0.05) is 19.1 Å². The highest BCUT2D eigenvalue weighted by molar-refractivity contribution is 7.07. The third-order valence-electron chi connectivity index (χ3n) is 5.30. The molecule has 1 aromatic carbocycles. The smallest absolute Gasteiger partial charge is 0.253 e. The first-order valence-electron chi connectivity index (χ1n) is 10.6. The maximum absolute atomic E-state index is 12.6. The Hall–Kier alpha value is -2.34. The largest absolute Gasteiger partial charge is 0.357 e. The van der Waals surface area contributed by atoms with Crippen LogP contribution in [-0.2, 0) is 6.54 Å². The summed E-state index contributed by atoms with van der Waals surface area (Å²) in [4.78, 5) is 19.3. The summed E-state index contributed by atoms with van der Waals surface area (Å²) in [6.45, 7) is 8.30. The van der Waals surface area contributed by atoms with Crippen molar-refractivity contribution in [2.45, 2.75) is 45.6 Å². The fourth-order valence-corrected chi connectivity index (χ4v) is 4.25. The van der Waals surface area contributed by atoms with Gasteiger partial charge in [0.25, 0.3) is 5.91 Å². The lowest BCUT2D eigenvalue weighted by Gasteiger charge is -2.26. The number of hydrogen-bond acceptors (Lipinski definition) is 3. The minimum Gasteiger partial charge on any atom is -0.357 e. The van der Waals surface area contributed by atoms with Gasteiger partial charge >= 0.3 is 0 Å². The molecule has 1 aliphatic heterocycles. The molecule has 1 aliphatic rings. The molecule has 1 amide bonds. The van der Waals surface area contributed by atoms with Gasteiger partial charge in [-0.3, -0.25) is 4.79 Å². The van der Waals surface area contributed by atoms with E-state index < -0.39 is 0 Å². The molecule has 0 saturated carbocycles. The Bertz CT molecular complexity index is 780. The summed E-state index contributed by atoms with van der Waals surface area (Å²) in [7, 11) is 0. The van der Waals surface area contributed by atoms with E-state index in [2.05, 4.69) is 41.3 Å². The predicted octanol–water partition coefficient (Wildman–Crippen LogP) is 4.23. The van der Waals surface area contributed by atoms with E-state index in [9.17, 15) is 4.79 Å². The van der Waals surface area contributed by atoms with Gasteiger partial charge < -0.3 is 15.5 Å². The topological polar surface area (TPSA) is 56.7 Å². The summed E-state index contributed by atoms with van der Waals surface area (Å²) in [6, 6.07) is 10.1. The van der Waals surface area contributed by atoms with Gasteiger partial charge in [0.05, 0.1) is 6.54 Å². The van der Waals surface area contributed by atoms with Crippen molar-refractivity contribution in [3.8, 4) is 0 Å². The quantitative estimate of drug-likeness (QED) is 0.528. The number of piperidine rings is 1. The molecule has 156 valence electrons. The summed E-state index contributed by atoms with van der Waals surface area (Å²) in [5, 5.41) is 11.1. The summed E-state index contributed by atoms with van der Waals surface area (Å²) in [5.41, 5.74) is 3.23. The average Bonchev–Trinajstić information content (AvgIpc) is 3.31. The van der Waals surface area contributed by atoms with Crippen LogP contribution in [0.4, 0.5) is 0 Å². The molecule has 1 saturated heterocycles. The SMILES string of the molecule is CCNC(=NCc1ccc(C(=O)N2CCCCC2)cc1)NCC(C)c1ccsc1. The molecule has 3 rings (SSSR count). The molecule has 0 bridgehead atoms. The van der Waals surface area contributed by atoms with E-state index in [1.165, 1.54) is 12.0 Å². The van der Waals surface area contributed by atoms with Gasteiger partial charge in [0, 0.05) is 31.7 Å². The van der Waals surface area contributed by atoms with E-state index in [-0.39, 0.29) is 5.91 Å². The molecule has 5 nitrogen and oxygen atoms in total. The molecular formula is C23H32N4OS. The number of carbonyl (C=O) groups is 1. The first kappa shape index (κ1) is 21.4. The maximum atomic E-state index is 12.6. The lowest BCUT2D eigenvalue weighted by molar-refractivity contribution is 0.0724. The molecule has 0 spiro atoms. The van der Waals surface area contributed by atoms with Gasteiger partial charge in [0.15, 0.2) is 5.96 Å². The Morgan fingerprint density at radius 3 is 2.55 bits per heavy atom. The lowest BCUT2D eigenvalue weighted by Crippen LogP contribution is -2.39. The molecule has 1 unspecified atom stereocenters. The number of guanidine groups is 1. The van der Waals surface area contributed by atoms with Gasteiger partial charge in [-0.15, -0.1) is 0 Å². The molecule has 29 heavy (non-hydrogen) atoms. The Morgan fingerprint density at radius 2 is 1.90 bits per heavy atom. The van der Waals surface area contributed by atoms with Crippen LogP contribution in [0.25, 0.3) is 0 Å². The molecule has 1 fully saturated rings. The summed E-state index contributed by atoms with van der Waals surface area (Å²) >= 11 is 1.73. The Labute approximate surface area is 178 Å². The summed E-state index contributed by atoms with van der Waals surface area (Å²) < 4.78 is 0. The number of nitrogens with zero attached hydrogens (tertiary/aromatic N) is 2. The van der Waals surface area contributed by atoms with Crippen molar-refractivity contribution in [2.24, 2.45) is 4.99 Å². The van der Waals surface area contributed by atoms with Crippen LogP contribution in [0, 0.1) is 0 Å². The highest BCUT2D eigenvalue weighted by Crippen LogP contribution is 2.17. The van der Waals surface area contributed by atoms with Crippen molar-refractivity contribution in [3.05, 3.63) is 57.8 Å². The zero-order valence-corrected chi connectivity index (χ0v) is 18.3. The number of aliphatic imine (C=N–C) groups is 1. The number of carbonyl (C=O) groups excluding carboxylic acids is 1. The number of likely N-dealkylation sites (tertiary alicyclic amines) is 1. The van der Waals surface area contributed by atoms with Gasteiger partial charge in [-0.05, 0) is 72.2 Å². The van der Waals surface area contributed by atoms with Crippen molar-refractivity contribution in [1.82, 2.24) is 15.5 Å². The molecule has 2 heterocycles. The van der Waals surface area contributed by atoms with Gasteiger partial charge in [-0.2, -0.15) is 11.3 Å². The van der Waals surface area contributed by atoms with Crippen molar-refractivity contribution >= 4 is 23.2 Å². The monoisotopic (exact) mass is 412 g/mol. The van der Waals surface area contributed by atoms with Crippen molar-refractivity contribution in [1.29, 1.82) is 0 Å². The van der Waals surface area contributed by atoms with E-state index >= 15 is 0 Å². The summed E-state index contributed by atoms with van der Waals surface area (Å²) in [6.07, 6.45) is 3.46. The molecular weight excluding hydrogens is 380 g/mol. The van der Waals surface area contributed by atoms with Gasteiger partial charge in [-0.25, -0.2) is 4.99 Å². The van der Waals surface area contributed by atoms with Crippen LogP contribution >= 0.6 is 11.3 Å². The van der Waals surface area contributed by atoms with Crippen LogP contribution in [0.2, 0.25) is 0 Å². The number of hydrogen-bond donors (Lipinski definition) is 2. The van der Waals surface area contributed by atoms with Crippen LogP contribution in [0.1, 0.15) is 60.5 Å². The highest BCUT2D eigenvalue weighted by atomic mass is 32.1. The van der Waals surface area contributed by atoms with Crippen LogP contribution in [-0.4, -0.2) is 42.9 Å². The number of benzene rings is 1. The van der Waals surface area contributed by atoms with Crippen LogP contribution in [0.5, 0.6) is 0 Å². The van der Waals surface area contributed by atoms with Crippen molar-refractivity contribution in [3.63, 3.8) is 0 Å². The molecule has 0 aliphatic carbocycles. The normalized spacial score (nSPS) is 15.8. The minimum absolute atomic E-state index is 0.150. The third-order valence-corrected chi connectivity index (χ3v) is 6.00. The maximum Gasteiger partial charge on any atom is 0.253 e. The van der Waals surface area contributed by atoms with Crippen molar-refractivity contribution < 1.29 is 4.79 Å². The fourth-order valence-electron chi connectivity index (χ4n) is 3.47. The molecule has 1 aromatic heterocycles. The average molecular weight is 413 g/mol. The number of nitrogens with one attached hydrogen (secondary N) is 2. The summed E-state index contributed by atoms with van der Waals surface area (Å²) in [5.74, 6) is 1.41. The zero-order valence-electron chi connectivity index (χ0n) is 17.5. The van der Waals surface area contributed by atoms with E-state index in [1.54, 1.807) is 11.3 Å². The second-order valence-corrected chi connectivity index (χ2v) is 8.36. The Morgan fingerprint density at radius 1 is 1.14 bits per heavy atom. The molecule has 2 aromatic rings. The fraction of sp³-hybridized carbons (Fsp3) is 0.478. The second kappa shape index (κ2) is 11.0. The number of thiophene rings is 1. The van der Waals surface area contributed by atoms with E-state index in [0.29, 0.717) is 12.5 Å². The Kier molecular flexibility index (Phi) is 8.11. The highest BCUT2D eigenvalue weighted by Gasteiger charge is 2.17. The molecule has 0 radical (unpaired) electrons. The van der Waals surface area contributed by atoms with E-state index in [1.807, 2.05) is 29.2 Å². The first-order valence-corrected chi connectivity index (χ1v) is 11.5. The number of amides is 1. The van der Waals surface area contributed by atoms with E-state index in [0.717, 1.165) is 56.1 Å². The number of rotatable bonds is 7. The second-order valence-electron chi connectivity index (χ2n) is 7.58. The van der Waals surface area contributed by atoms with Crippen LogP contribution in [0.15, 0.2) is 46.1 Å². The standard InChI is InChI=1S/C23H32N4OS/c1-3-24-23(25-15-18(2)21-11-14-29-17-21)26-16-19-7-9-20(10-8-19)22(28)27-12-5-4-6-13-27/h7-11,14,17-18H,3-6,12-13,15-16H2,1-2H3,(H2,24,25,26). The molecule has 2 N–H and O–H groups in total. The first-order chi connectivity index (χ1) is 14.2. The van der Waals surface area contributed by atoms with E-state index in [4.69, 9.17) is 4.99 Å². The van der Waals surface area contributed by atoms with Crippen molar-refractivity contribution in [2.75, 3.05) is 26.2 Å². The minimum atomic E-state index is 0.150. The third kappa shape index (κ3) is 6.32. The zero-order chi connectivity index (χ0) is 20.5. The van der Waals surface area contributed by atoms with Gasteiger partial charge in [0.1, 0.15) is 0 Å². The van der Waals surface area contributed by atoms with Gasteiger partial charge in [0.2, 0.25) is 0 Å². The molecule has 6 heteroatoms.